The number of amides is 2. The average molecular weight is 425 g/mol. The molecule has 2 aliphatic carbocycles. The van der Waals surface area contributed by atoms with Crippen LogP contribution in [0.3, 0.4) is 0 Å². The Bertz CT molecular complexity index is 904. The summed E-state index contributed by atoms with van der Waals surface area (Å²) >= 11 is 0. The van der Waals surface area contributed by atoms with Gasteiger partial charge in [-0.15, -0.1) is 0 Å². The van der Waals surface area contributed by atoms with Crippen molar-refractivity contribution in [3.8, 4) is 5.75 Å². The smallest absolute Gasteiger partial charge is 0.225 e. The number of hydrogen-bond acceptors (Lipinski definition) is 3. The Hall–Kier alpha value is -2.04. The molecule has 2 saturated heterocycles. The third-order valence-electron chi connectivity index (χ3n) is 9.46. The molecule has 1 aromatic carbocycles. The van der Waals surface area contributed by atoms with Crippen molar-refractivity contribution in [1.82, 2.24) is 9.80 Å². The van der Waals surface area contributed by atoms with Crippen molar-refractivity contribution in [2.75, 3.05) is 19.6 Å². The van der Waals surface area contributed by atoms with E-state index in [-0.39, 0.29) is 40.5 Å². The van der Waals surface area contributed by atoms with Crippen LogP contribution in [0.15, 0.2) is 18.2 Å². The topological polar surface area (TPSA) is 60.9 Å². The first-order valence-electron chi connectivity index (χ1n) is 12.1. The third kappa shape index (κ3) is 3.02. The number of fused-ring (bicyclic) bond motifs is 4. The number of benzene rings is 1. The molecule has 1 N–H and O–H groups in total. The molecular weight excluding hydrogens is 388 g/mol. The first-order chi connectivity index (χ1) is 14.7. The van der Waals surface area contributed by atoms with Crippen LogP contribution in [0.25, 0.3) is 0 Å². The van der Waals surface area contributed by atoms with Gasteiger partial charge in [-0.1, -0.05) is 32.9 Å². The summed E-state index contributed by atoms with van der Waals surface area (Å²) in [4.78, 5) is 30.7. The molecule has 5 rings (SSSR count). The molecule has 2 heterocycles. The molecule has 1 aromatic rings. The lowest BCUT2D eigenvalue weighted by atomic mass is 9.51. The highest BCUT2D eigenvalue weighted by Crippen LogP contribution is 2.57. The summed E-state index contributed by atoms with van der Waals surface area (Å²) in [5.41, 5.74) is 2.12. The van der Waals surface area contributed by atoms with Crippen molar-refractivity contribution >= 4 is 11.8 Å². The van der Waals surface area contributed by atoms with E-state index in [9.17, 15) is 14.7 Å². The summed E-state index contributed by atoms with van der Waals surface area (Å²) < 4.78 is 0. The monoisotopic (exact) mass is 424 g/mol. The lowest BCUT2D eigenvalue weighted by Gasteiger charge is -2.61. The Kier molecular flexibility index (Phi) is 4.87. The minimum absolute atomic E-state index is 0.0197. The van der Waals surface area contributed by atoms with Gasteiger partial charge in [0.25, 0.3) is 0 Å². The second-order valence-corrected chi connectivity index (χ2v) is 11.1. The molecule has 2 amide bonds. The van der Waals surface area contributed by atoms with Crippen LogP contribution in [0.1, 0.15) is 70.4 Å². The van der Waals surface area contributed by atoms with Gasteiger partial charge in [0.1, 0.15) is 5.75 Å². The van der Waals surface area contributed by atoms with Gasteiger partial charge in [-0.2, -0.15) is 0 Å². The van der Waals surface area contributed by atoms with Crippen LogP contribution in [-0.2, 0) is 21.4 Å². The van der Waals surface area contributed by atoms with Crippen molar-refractivity contribution in [3.63, 3.8) is 0 Å². The highest BCUT2D eigenvalue weighted by molar-refractivity contribution is 5.84. The Labute approximate surface area is 185 Å². The Morgan fingerprint density at radius 3 is 2.39 bits per heavy atom. The number of aromatic hydroxyl groups is 1. The lowest BCUT2D eigenvalue weighted by molar-refractivity contribution is -0.148. The van der Waals surface area contributed by atoms with Crippen molar-refractivity contribution in [3.05, 3.63) is 29.3 Å². The zero-order valence-electron chi connectivity index (χ0n) is 19.2. The van der Waals surface area contributed by atoms with Crippen molar-refractivity contribution < 1.29 is 14.7 Å². The van der Waals surface area contributed by atoms with E-state index in [4.69, 9.17) is 0 Å². The number of phenolic OH excluding ortho intramolecular Hbond substituents is 1. The van der Waals surface area contributed by atoms with Gasteiger partial charge in [0.2, 0.25) is 11.8 Å². The quantitative estimate of drug-likeness (QED) is 0.784. The van der Waals surface area contributed by atoms with Gasteiger partial charge < -0.3 is 14.9 Å². The molecule has 2 bridgehead atoms. The molecule has 4 atom stereocenters. The lowest BCUT2D eigenvalue weighted by Crippen LogP contribution is -2.65. The zero-order chi connectivity index (χ0) is 22.0. The molecule has 168 valence electrons. The van der Waals surface area contributed by atoms with Crippen LogP contribution in [-0.4, -0.2) is 52.4 Å². The molecule has 0 unspecified atom stereocenters. The van der Waals surface area contributed by atoms with Crippen molar-refractivity contribution in [2.24, 2.45) is 17.3 Å². The van der Waals surface area contributed by atoms with Crippen LogP contribution in [0.2, 0.25) is 0 Å². The normalized spacial score (nSPS) is 34.0. The van der Waals surface area contributed by atoms with Gasteiger partial charge in [-0.05, 0) is 67.6 Å². The largest absolute Gasteiger partial charge is 0.508 e. The standard InChI is InChI=1S/C26H36N2O3/c1-25(2)22-16-19-20(7-6-8-21(19)29)26(25,3)11-14-28(22)24(31)18-10-9-17(15-18)23(30)27-12-4-5-13-27/h6-8,17-18,22,29H,4-5,9-16H2,1-3H3/t17-,18+,22+,26-/m0/s1. The fraction of sp³-hybridized carbons (Fsp3) is 0.692. The summed E-state index contributed by atoms with van der Waals surface area (Å²) in [6, 6.07) is 5.96. The minimum Gasteiger partial charge on any atom is -0.508 e. The van der Waals surface area contributed by atoms with Gasteiger partial charge in [0.05, 0.1) is 0 Å². The highest BCUT2D eigenvalue weighted by Gasteiger charge is 2.57. The highest BCUT2D eigenvalue weighted by atomic mass is 16.3. The van der Waals surface area contributed by atoms with E-state index < -0.39 is 0 Å². The van der Waals surface area contributed by atoms with Crippen molar-refractivity contribution in [2.45, 2.75) is 77.2 Å². The molecule has 0 spiro atoms. The molecule has 31 heavy (non-hydrogen) atoms. The Morgan fingerprint density at radius 2 is 1.68 bits per heavy atom. The molecule has 2 aliphatic heterocycles. The van der Waals surface area contributed by atoms with E-state index >= 15 is 0 Å². The number of rotatable bonds is 2. The molecule has 0 aromatic heterocycles. The van der Waals surface area contributed by atoms with Crippen molar-refractivity contribution in [1.29, 1.82) is 0 Å². The molecule has 1 saturated carbocycles. The predicted molar refractivity (Wildman–Crippen MR) is 120 cm³/mol. The van der Waals surface area contributed by atoms with E-state index in [1.165, 1.54) is 5.56 Å². The summed E-state index contributed by atoms with van der Waals surface area (Å²) in [5.74, 6) is 0.843. The zero-order valence-corrected chi connectivity index (χ0v) is 19.2. The van der Waals surface area contributed by atoms with Crippen LogP contribution >= 0.6 is 0 Å². The minimum atomic E-state index is -0.0783. The average Bonchev–Trinajstić information content (AvgIpc) is 3.43. The van der Waals surface area contributed by atoms with Crippen LogP contribution in [0, 0.1) is 17.3 Å². The van der Waals surface area contributed by atoms with E-state index in [1.807, 2.05) is 11.0 Å². The second-order valence-electron chi connectivity index (χ2n) is 11.1. The second kappa shape index (κ2) is 7.25. The van der Waals surface area contributed by atoms with Gasteiger partial charge in [-0.25, -0.2) is 0 Å². The van der Waals surface area contributed by atoms with Crippen LogP contribution < -0.4 is 0 Å². The number of likely N-dealkylation sites (tertiary alicyclic amines) is 2. The Balaban J connectivity index is 1.37. The number of carbonyl (C=O) groups is 2. The summed E-state index contributed by atoms with van der Waals surface area (Å²) in [7, 11) is 0. The van der Waals surface area contributed by atoms with E-state index in [1.54, 1.807) is 6.07 Å². The maximum atomic E-state index is 13.7. The summed E-state index contributed by atoms with van der Waals surface area (Å²) in [5, 5.41) is 10.6. The summed E-state index contributed by atoms with van der Waals surface area (Å²) in [6.07, 6.45) is 6.20. The molecule has 3 fully saturated rings. The van der Waals surface area contributed by atoms with Crippen LogP contribution in [0.4, 0.5) is 0 Å². The molecular formula is C26H36N2O3. The van der Waals surface area contributed by atoms with Gasteiger partial charge in [-0.3, -0.25) is 9.59 Å². The fourth-order valence-corrected chi connectivity index (χ4v) is 7.05. The van der Waals surface area contributed by atoms with E-state index in [0.29, 0.717) is 18.6 Å². The SMILES string of the molecule is CC1(C)[C@H]2Cc3c(O)cccc3[C@]1(C)CCN2C(=O)[C@@H]1CC[C@H](C(=O)N2CCCC2)C1. The molecule has 5 nitrogen and oxygen atoms in total. The summed E-state index contributed by atoms with van der Waals surface area (Å²) in [6.45, 7) is 9.42. The van der Waals surface area contributed by atoms with Gasteiger partial charge in [0.15, 0.2) is 0 Å². The number of piperidine rings is 1. The number of nitrogens with zero attached hydrogens (tertiary/aromatic N) is 2. The van der Waals surface area contributed by atoms with Gasteiger partial charge in [0, 0.05) is 42.9 Å². The number of carbonyl (C=O) groups excluding carboxylic acids is 2. The predicted octanol–water partition coefficient (Wildman–Crippen LogP) is 3.87. The Morgan fingerprint density at radius 1 is 1.00 bits per heavy atom. The number of hydrogen-bond donors (Lipinski definition) is 1. The van der Waals surface area contributed by atoms with Gasteiger partial charge >= 0.3 is 0 Å². The first-order valence-corrected chi connectivity index (χ1v) is 12.1. The molecule has 0 radical (unpaired) electrons. The van der Waals surface area contributed by atoms with E-state index in [2.05, 4.69) is 31.7 Å². The fourth-order valence-electron chi connectivity index (χ4n) is 7.05. The van der Waals surface area contributed by atoms with E-state index in [0.717, 1.165) is 57.3 Å². The maximum absolute atomic E-state index is 13.7. The number of phenols is 1. The third-order valence-corrected chi connectivity index (χ3v) is 9.46. The molecule has 4 aliphatic rings. The maximum Gasteiger partial charge on any atom is 0.225 e. The first kappa shape index (κ1) is 20.8. The molecule has 5 heteroatoms. The van der Waals surface area contributed by atoms with Crippen LogP contribution in [0.5, 0.6) is 5.75 Å².